The molecule has 0 unspecified atom stereocenters. The third kappa shape index (κ3) is 15.6. The first-order chi connectivity index (χ1) is 69.4. The van der Waals surface area contributed by atoms with Crippen LogP contribution < -0.4 is 16.0 Å². The lowest BCUT2D eigenvalue weighted by Gasteiger charge is -2.22. The Labute approximate surface area is 821 Å². The highest BCUT2D eigenvalue weighted by molar-refractivity contribution is 7.25. The van der Waals surface area contributed by atoms with Crippen LogP contribution in [-0.4, -0.2) is 0 Å². The molecule has 5 heterocycles. The Hall–Kier alpha value is -17.6. The molecule has 26 aromatic rings. The average Bonchev–Trinajstić information content (AvgIpc) is 1.58. The van der Waals surface area contributed by atoms with Crippen molar-refractivity contribution >= 4 is 153 Å². The Balaban J connectivity index is 0.000000100. The maximum Gasteiger partial charge on any atom is 0.145 e. The Morgan fingerprint density at radius 3 is 1.34 bits per heavy atom. The van der Waals surface area contributed by atoms with Crippen LogP contribution in [0, 0.1) is 0 Å². The third-order valence-corrected chi connectivity index (χ3v) is 29.6. The van der Waals surface area contributed by atoms with E-state index < -0.39 is 0 Å². The van der Waals surface area contributed by atoms with Gasteiger partial charge in [0.2, 0.25) is 0 Å². The molecule has 0 saturated carbocycles. The van der Waals surface area contributed by atoms with Gasteiger partial charge in [0.15, 0.2) is 0 Å². The summed E-state index contributed by atoms with van der Waals surface area (Å²) >= 11 is 1.89. The zero-order chi connectivity index (χ0) is 94.2. The number of thiophene rings is 1. The smallest absolute Gasteiger partial charge is 0.145 e. The Morgan fingerprint density at radius 2 is 0.667 bits per heavy atom. The van der Waals surface area contributed by atoms with Crippen molar-refractivity contribution in [3.05, 3.63) is 507 Å². The molecule has 2 aliphatic rings. The molecule has 0 saturated heterocycles. The SMILES string of the molecule is CC1(C)c2ccccc2-c2ccc(-c3ccccc3Nc3ccc(-c4ccccc4)c4oc5ccccc5c34)cc21.CC1(C)c2ccccc2-c2ccc(Cc3cc4c(cc3-c3ccccc3)sc3ccccc34)cc21.c1ccc(-c2cc(Nc3cccc(-c4cccc5c4oc4ccccc45)c3)cc3c2oc2ccccc23)cc1.c1ccc(Nc2cc(-c3ccccc3)cc3oc4ccccc4c23)cc1. The van der Waals surface area contributed by atoms with Crippen molar-refractivity contribution in [2.24, 2.45) is 0 Å². The summed E-state index contributed by atoms with van der Waals surface area (Å²) in [6, 6.07) is 167. The highest BCUT2D eigenvalue weighted by atomic mass is 32.1. The standard InChI is InChI=1S/C39H29NO.C36H23NO2.C34H26S.C24H17NO/c1-39(2)32-17-9-6-15-29(32)30-21-20-26(24-33(30)39)27-14-7-10-18-34(27)40-35-23-22-28(25-12-4-3-5-13-25)38-37(35)31-16-8-11-19-36(31)41-38;1-2-10-23(11-3-1)31-21-26(22-32-29-15-5-7-19-34(29)39-36(31)32)37-25-13-8-12-24(20-25)27-16-9-17-30-28-14-4-6-18-33(28)38-35(27)30;1-34(2)30-14-8-6-12-25(30)26-17-16-22(19-31(26)34)18-24-20-29-27-13-7-9-15-32(27)35-33(29)21-28(24)23-10-4-3-5-11-23;1-3-9-17(10-4-1)18-15-21(25-19-11-5-2-6-12-19)24-20-13-7-8-14-22(20)26-23(24)16-18/h3-24,40H,1-2H3;1-22,37H;3-17,19-21H,18H2,1-2H3;1-16,25H. The maximum atomic E-state index is 6.50. The summed E-state index contributed by atoms with van der Waals surface area (Å²) in [5.41, 5.74) is 41.2. The van der Waals surface area contributed by atoms with Gasteiger partial charge >= 0.3 is 0 Å². The van der Waals surface area contributed by atoms with Gasteiger partial charge in [0, 0.05) is 108 Å². The molecule has 0 atom stereocenters. The van der Waals surface area contributed by atoms with E-state index >= 15 is 0 Å². The number of nitrogens with one attached hydrogen (secondary N) is 3. The minimum atomic E-state index is -0.0422. The number of fused-ring (bicyclic) bond motifs is 21. The third-order valence-electron chi connectivity index (χ3n) is 28.5. The van der Waals surface area contributed by atoms with Crippen LogP contribution in [0.2, 0.25) is 0 Å². The highest BCUT2D eigenvalue weighted by Gasteiger charge is 2.37. The number of anilines is 6. The lowest BCUT2D eigenvalue weighted by atomic mass is 9.81. The fraction of sp³-hybridized carbons (Fsp3) is 0.0526. The summed E-state index contributed by atoms with van der Waals surface area (Å²) in [6.07, 6.45) is 0.921. The average molecular weight is 1830 g/mol. The van der Waals surface area contributed by atoms with E-state index in [1.807, 2.05) is 96.3 Å². The lowest BCUT2D eigenvalue weighted by Crippen LogP contribution is -2.15. The molecule has 141 heavy (non-hydrogen) atoms. The highest BCUT2D eigenvalue weighted by Crippen LogP contribution is 2.54. The van der Waals surface area contributed by atoms with Crippen LogP contribution in [0.5, 0.6) is 0 Å². The summed E-state index contributed by atoms with van der Waals surface area (Å²) in [5.74, 6) is 0. The minimum absolute atomic E-state index is 0.0255. The molecule has 7 nitrogen and oxygen atoms in total. The zero-order valence-corrected chi connectivity index (χ0v) is 79.1. The van der Waals surface area contributed by atoms with Gasteiger partial charge < -0.3 is 33.6 Å². The predicted octanol–water partition coefficient (Wildman–Crippen LogP) is 38.1. The number of para-hydroxylation sites is 7. The zero-order valence-electron chi connectivity index (χ0n) is 78.3. The molecular weight excluding hydrogens is 1740 g/mol. The van der Waals surface area contributed by atoms with Gasteiger partial charge in [0.05, 0.1) is 22.1 Å². The molecule has 3 N–H and O–H groups in total. The number of rotatable bonds is 14. The van der Waals surface area contributed by atoms with Gasteiger partial charge in [-0.2, -0.15) is 0 Å². The van der Waals surface area contributed by atoms with Crippen molar-refractivity contribution in [1.29, 1.82) is 0 Å². The summed E-state index contributed by atoms with van der Waals surface area (Å²) in [5, 5.41) is 22.7. The van der Waals surface area contributed by atoms with Crippen LogP contribution in [0.1, 0.15) is 61.1 Å². The number of hydrogen-bond donors (Lipinski definition) is 3. The Bertz CT molecular complexity index is 9300. The van der Waals surface area contributed by atoms with Gasteiger partial charge in [-0.25, -0.2) is 0 Å². The quantitative estimate of drug-likeness (QED) is 0.1000. The topological polar surface area (TPSA) is 88.7 Å². The molecule has 672 valence electrons. The molecule has 0 fully saturated rings. The van der Waals surface area contributed by atoms with Crippen molar-refractivity contribution in [2.45, 2.75) is 44.9 Å². The first-order valence-corrected chi connectivity index (χ1v) is 49.2. The van der Waals surface area contributed by atoms with Crippen LogP contribution >= 0.6 is 11.3 Å². The van der Waals surface area contributed by atoms with E-state index in [0.717, 1.165) is 167 Å². The second-order valence-corrected chi connectivity index (χ2v) is 38.9. The van der Waals surface area contributed by atoms with E-state index in [-0.39, 0.29) is 10.8 Å². The number of benzene rings is 21. The monoisotopic (exact) mass is 1830 g/mol. The first kappa shape index (κ1) is 85.1. The van der Waals surface area contributed by atoms with E-state index in [9.17, 15) is 0 Å². The molecule has 21 aromatic carbocycles. The van der Waals surface area contributed by atoms with Gasteiger partial charge in [-0.1, -0.05) is 386 Å². The van der Waals surface area contributed by atoms with Gasteiger partial charge in [-0.05, 0) is 222 Å². The molecule has 0 aliphatic heterocycles. The van der Waals surface area contributed by atoms with Gasteiger partial charge in [0.1, 0.15) is 44.7 Å². The summed E-state index contributed by atoms with van der Waals surface area (Å²) in [4.78, 5) is 0. The van der Waals surface area contributed by atoms with Crippen LogP contribution in [0.25, 0.3) is 197 Å². The van der Waals surface area contributed by atoms with E-state index in [1.54, 1.807) is 0 Å². The molecule has 0 bridgehead atoms. The molecule has 0 spiro atoms. The normalized spacial score (nSPS) is 12.5. The molecule has 28 rings (SSSR count). The van der Waals surface area contributed by atoms with E-state index in [2.05, 4.69) is 432 Å². The number of hydrogen-bond acceptors (Lipinski definition) is 8. The minimum Gasteiger partial charge on any atom is -0.456 e. The van der Waals surface area contributed by atoms with E-state index in [0.29, 0.717) is 0 Å². The Kier molecular flexibility index (Phi) is 21.5. The molecule has 0 radical (unpaired) electrons. The van der Waals surface area contributed by atoms with Crippen LogP contribution in [0.15, 0.2) is 491 Å². The molecule has 2 aliphatic carbocycles. The van der Waals surface area contributed by atoms with Crippen molar-refractivity contribution < 1.29 is 17.7 Å². The summed E-state index contributed by atoms with van der Waals surface area (Å²) in [6.45, 7) is 9.39. The molecule has 5 aromatic heterocycles. The van der Waals surface area contributed by atoms with Crippen LogP contribution in [0.4, 0.5) is 34.1 Å². The first-order valence-electron chi connectivity index (χ1n) is 48.3. The van der Waals surface area contributed by atoms with Crippen LogP contribution in [-0.2, 0) is 17.3 Å². The van der Waals surface area contributed by atoms with E-state index in [4.69, 9.17) is 17.7 Å². The fourth-order valence-electron chi connectivity index (χ4n) is 21.6. The lowest BCUT2D eigenvalue weighted by molar-refractivity contribution is 0.659. The second kappa shape index (κ2) is 35.5. The second-order valence-electron chi connectivity index (χ2n) is 37.8. The fourth-order valence-corrected chi connectivity index (χ4v) is 22.8. The number of furan rings is 4. The predicted molar refractivity (Wildman–Crippen MR) is 594 cm³/mol. The van der Waals surface area contributed by atoms with Crippen molar-refractivity contribution in [2.75, 3.05) is 16.0 Å². The largest absolute Gasteiger partial charge is 0.456 e. The van der Waals surface area contributed by atoms with Gasteiger partial charge in [-0.15, -0.1) is 11.3 Å². The molecular formula is C133H95N3O4S. The van der Waals surface area contributed by atoms with Crippen molar-refractivity contribution in [1.82, 2.24) is 0 Å². The molecule has 8 heteroatoms. The maximum absolute atomic E-state index is 6.50. The van der Waals surface area contributed by atoms with E-state index in [1.165, 1.54) is 104 Å². The summed E-state index contributed by atoms with van der Waals surface area (Å²) < 4.78 is 28.0. The molecule has 0 amide bonds. The van der Waals surface area contributed by atoms with Crippen molar-refractivity contribution in [3.8, 4) is 89.0 Å². The van der Waals surface area contributed by atoms with Crippen LogP contribution in [0.3, 0.4) is 0 Å². The Morgan fingerprint density at radius 1 is 0.206 bits per heavy atom. The van der Waals surface area contributed by atoms with Gasteiger partial charge in [-0.3, -0.25) is 0 Å². The van der Waals surface area contributed by atoms with Gasteiger partial charge in [0.25, 0.3) is 0 Å². The van der Waals surface area contributed by atoms with Crippen molar-refractivity contribution in [3.63, 3.8) is 0 Å². The summed E-state index contributed by atoms with van der Waals surface area (Å²) in [7, 11) is 0.